The summed E-state index contributed by atoms with van der Waals surface area (Å²) in [6.07, 6.45) is 0.893. The molecule has 13 heavy (non-hydrogen) atoms. The Kier molecular flexibility index (Phi) is 7.05. The van der Waals surface area contributed by atoms with E-state index in [9.17, 15) is 4.79 Å². The first-order chi connectivity index (χ1) is 5.83. The van der Waals surface area contributed by atoms with Gasteiger partial charge in [-0.2, -0.15) is 0 Å². The minimum atomic E-state index is -0.473. The Hall–Kier alpha value is -0.246. The van der Waals surface area contributed by atoms with E-state index in [1.807, 2.05) is 30.3 Å². The number of benzene rings is 1. The van der Waals surface area contributed by atoms with Crippen molar-refractivity contribution < 1.29 is 42.7 Å². The normalized spacial score (nSPS) is 8.69. The first-order valence-corrected chi connectivity index (χ1v) is 3.75. The van der Waals surface area contributed by atoms with Gasteiger partial charge in [-0.3, -0.25) is 0 Å². The maximum Gasteiger partial charge on any atom is 0.0714 e. The smallest absolute Gasteiger partial charge is 0.0714 e. The molecule has 1 N–H and O–H groups in total. The summed E-state index contributed by atoms with van der Waals surface area (Å²) >= 11 is 0. The summed E-state index contributed by atoms with van der Waals surface area (Å²) in [7, 11) is 0. The van der Waals surface area contributed by atoms with Crippen LogP contribution in [0.2, 0.25) is 0 Å². The molecule has 1 radical (unpaired) electrons. The first-order valence-electron chi connectivity index (χ1n) is 3.75. The number of rotatable bonds is 3. The molecule has 0 aliphatic carbocycles. The fourth-order valence-corrected chi connectivity index (χ4v) is 0.946. The quantitative estimate of drug-likeness (QED) is 0.660. The van der Waals surface area contributed by atoms with Crippen LogP contribution in [-0.2, 0) is 43.9 Å². The maximum atomic E-state index is 10.6. The number of hydrogen-bond donors (Lipinski definition) is 1. The van der Waals surface area contributed by atoms with Crippen molar-refractivity contribution in [2.75, 3.05) is 0 Å². The average molecular weight is 253 g/mol. The van der Waals surface area contributed by atoms with Gasteiger partial charge in [-0.05, 0) is 18.4 Å². The zero-order valence-electron chi connectivity index (χ0n) is 7.18. The third kappa shape index (κ3) is 5.14. The Morgan fingerprint density at radius 2 is 1.92 bits per heavy atom. The van der Waals surface area contributed by atoms with Crippen LogP contribution in [0.15, 0.2) is 30.3 Å². The van der Waals surface area contributed by atoms with E-state index in [1.165, 1.54) is 0 Å². The maximum absolute atomic E-state index is 10.6. The van der Waals surface area contributed by atoms with Crippen LogP contribution in [0.4, 0.5) is 0 Å². The molecular formula is C9H10NO2Y-. The number of carbonyl (C=O) groups excluding carboxylic acids is 1. The van der Waals surface area contributed by atoms with Gasteiger partial charge in [0.2, 0.25) is 0 Å². The number of hydrogen-bond acceptors (Lipinski definition) is 2. The minimum Gasteiger partial charge on any atom is -0.534 e. The molecule has 4 heteroatoms. The fourth-order valence-electron chi connectivity index (χ4n) is 0.946. The van der Waals surface area contributed by atoms with E-state index in [0.717, 1.165) is 5.56 Å². The monoisotopic (exact) mass is 253 g/mol. The molecule has 3 nitrogen and oxygen atoms in total. The molecule has 0 atom stereocenters. The molecule has 0 bridgehead atoms. The molecule has 0 unspecified atom stereocenters. The van der Waals surface area contributed by atoms with Crippen LogP contribution >= 0.6 is 0 Å². The largest absolute Gasteiger partial charge is 0.534 e. The van der Waals surface area contributed by atoms with Crippen molar-refractivity contribution in [2.24, 2.45) is 0 Å². The summed E-state index contributed by atoms with van der Waals surface area (Å²) in [6.45, 7) is 0. The van der Waals surface area contributed by atoms with Gasteiger partial charge in [0.25, 0.3) is 0 Å². The first kappa shape index (κ1) is 12.8. The summed E-state index contributed by atoms with van der Waals surface area (Å²) in [5.41, 5.74) is 3.64. The standard InChI is InChI=1S/C9H11NO2.Y/c11-9(10-12)7-6-8-4-2-1-3-5-8;/h1-5H,6-7H2,(H2,10,11,12);/p-1. The van der Waals surface area contributed by atoms with E-state index >= 15 is 0 Å². The van der Waals surface area contributed by atoms with Crippen molar-refractivity contribution >= 4 is 5.91 Å². The predicted octanol–water partition coefficient (Wildman–Crippen LogP) is 1.91. The van der Waals surface area contributed by atoms with Crippen LogP contribution in [0.1, 0.15) is 12.0 Å². The molecule has 1 amide bonds. The predicted molar refractivity (Wildman–Crippen MR) is 44.9 cm³/mol. The topological polar surface area (TPSA) is 51.4 Å². The molecule has 0 aromatic heterocycles. The molecule has 0 saturated heterocycles. The van der Waals surface area contributed by atoms with Gasteiger partial charge in [0.1, 0.15) is 0 Å². The van der Waals surface area contributed by atoms with E-state index < -0.39 is 5.91 Å². The summed E-state index contributed by atoms with van der Waals surface area (Å²) in [4.78, 5) is 10.6. The van der Waals surface area contributed by atoms with Crippen LogP contribution < -0.4 is 0 Å². The third-order valence-electron chi connectivity index (χ3n) is 1.58. The molecule has 0 saturated carbocycles. The Balaban J connectivity index is 0.00000144. The van der Waals surface area contributed by atoms with Gasteiger partial charge >= 0.3 is 0 Å². The summed E-state index contributed by atoms with van der Waals surface area (Å²) in [5, 5.41) is 8.09. The Morgan fingerprint density at radius 3 is 2.46 bits per heavy atom. The minimum absolute atomic E-state index is 0. The second-order valence-electron chi connectivity index (χ2n) is 2.48. The van der Waals surface area contributed by atoms with Crippen LogP contribution in [0.25, 0.3) is 5.48 Å². The van der Waals surface area contributed by atoms with E-state index in [0.29, 0.717) is 6.42 Å². The molecule has 67 valence electrons. The van der Waals surface area contributed by atoms with Gasteiger partial charge in [0, 0.05) is 32.7 Å². The second-order valence-corrected chi connectivity index (χ2v) is 2.48. The molecule has 1 rings (SSSR count). The van der Waals surface area contributed by atoms with Crippen molar-refractivity contribution in [3.8, 4) is 0 Å². The summed E-state index contributed by atoms with van der Waals surface area (Å²) < 4.78 is 0. The number of hydroxylamine groups is 1. The van der Waals surface area contributed by atoms with Crippen molar-refractivity contribution in [3.63, 3.8) is 0 Å². The van der Waals surface area contributed by atoms with Crippen LogP contribution in [0.3, 0.4) is 0 Å². The van der Waals surface area contributed by atoms with E-state index in [-0.39, 0.29) is 39.1 Å². The zero-order chi connectivity index (χ0) is 8.81. The van der Waals surface area contributed by atoms with Gasteiger partial charge in [-0.25, -0.2) is 0 Å². The van der Waals surface area contributed by atoms with Gasteiger partial charge in [0.05, 0.1) is 5.91 Å². The third-order valence-corrected chi connectivity index (χ3v) is 1.58. The SMILES string of the molecule is O=C(CCc1ccccc1)[N-]O.[Y]. The van der Waals surface area contributed by atoms with Gasteiger partial charge in [-0.1, -0.05) is 30.3 Å². The van der Waals surface area contributed by atoms with Gasteiger partial charge in [-0.15, -0.1) is 0 Å². The Bertz CT molecular complexity index is 251. The second kappa shape index (κ2) is 7.19. The molecule has 1 aromatic rings. The van der Waals surface area contributed by atoms with Crippen LogP contribution in [0.5, 0.6) is 0 Å². The molecule has 0 spiro atoms. The van der Waals surface area contributed by atoms with Crippen LogP contribution in [0, 0.1) is 0 Å². The molecule has 0 aliphatic heterocycles. The average Bonchev–Trinajstić information content (AvgIpc) is 2.16. The molecule has 0 fully saturated rings. The van der Waals surface area contributed by atoms with Gasteiger partial charge in [0.15, 0.2) is 0 Å². The van der Waals surface area contributed by atoms with Crippen molar-refractivity contribution in [3.05, 3.63) is 41.4 Å². The Labute approximate surface area is 102 Å². The molecular weight excluding hydrogens is 243 g/mol. The van der Waals surface area contributed by atoms with Crippen molar-refractivity contribution in [1.29, 1.82) is 0 Å². The number of nitrogens with zero attached hydrogens (tertiary/aromatic N) is 1. The molecule has 1 aromatic carbocycles. The van der Waals surface area contributed by atoms with Gasteiger partial charge < -0.3 is 15.5 Å². The fraction of sp³-hybridized carbons (Fsp3) is 0.222. The van der Waals surface area contributed by atoms with E-state index in [4.69, 9.17) is 5.21 Å². The van der Waals surface area contributed by atoms with Crippen LogP contribution in [-0.4, -0.2) is 11.1 Å². The molecule has 0 aliphatic rings. The number of carbonyl (C=O) groups is 1. The zero-order valence-corrected chi connectivity index (χ0v) is 10.0. The Morgan fingerprint density at radius 1 is 1.31 bits per heavy atom. The summed E-state index contributed by atoms with van der Waals surface area (Å²) in [6, 6.07) is 9.61. The summed E-state index contributed by atoms with van der Waals surface area (Å²) in [5.74, 6) is -0.473. The van der Waals surface area contributed by atoms with E-state index in [2.05, 4.69) is 5.48 Å². The number of aryl methyl sites for hydroxylation is 1. The molecule has 0 heterocycles. The number of amides is 1. The van der Waals surface area contributed by atoms with Crippen molar-refractivity contribution in [1.82, 2.24) is 0 Å². The van der Waals surface area contributed by atoms with Crippen molar-refractivity contribution in [2.45, 2.75) is 12.8 Å². The van der Waals surface area contributed by atoms with E-state index in [1.54, 1.807) is 0 Å².